The summed E-state index contributed by atoms with van der Waals surface area (Å²) in [6.07, 6.45) is 1.77. The van der Waals surface area contributed by atoms with Crippen LogP contribution in [0.25, 0.3) is 10.8 Å². The maximum Gasteiger partial charge on any atom is 0.231 e. The molecule has 0 bridgehead atoms. The molecule has 1 aliphatic rings. The number of aliphatic hydroxyl groups excluding tert-OH is 1. The number of fused-ring (bicyclic) bond motifs is 2. The smallest absolute Gasteiger partial charge is 0.231 e. The Morgan fingerprint density at radius 3 is 2.94 bits per heavy atom. The molecule has 0 fully saturated rings. The summed E-state index contributed by atoms with van der Waals surface area (Å²) in [6.45, 7) is 0.422. The van der Waals surface area contributed by atoms with E-state index in [1.807, 2.05) is 18.2 Å². The van der Waals surface area contributed by atoms with Crippen molar-refractivity contribution < 1.29 is 14.6 Å². The van der Waals surface area contributed by atoms with E-state index in [1.165, 1.54) is 11.8 Å². The summed E-state index contributed by atoms with van der Waals surface area (Å²) in [5, 5.41) is 11.9. The normalized spacial score (nSPS) is 13.2. The van der Waals surface area contributed by atoms with Crippen molar-refractivity contribution in [3.05, 3.63) is 24.4 Å². The van der Waals surface area contributed by atoms with Gasteiger partial charge >= 0.3 is 0 Å². The van der Waals surface area contributed by atoms with E-state index in [1.54, 1.807) is 6.20 Å². The van der Waals surface area contributed by atoms with Crippen LogP contribution in [0, 0.1) is 0 Å². The zero-order valence-electron chi connectivity index (χ0n) is 9.05. The molecule has 4 nitrogen and oxygen atoms in total. The van der Waals surface area contributed by atoms with Gasteiger partial charge in [-0.2, -0.15) is 0 Å². The highest BCUT2D eigenvalue weighted by Crippen LogP contribution is 2.38. The predicted octanol–water partition coefficient (Wildman–Crippen LogP) is 2.05. The lowest BCUT2D eigenvalue weighted by Crippen LogP contribution is -1.92. The number of nitrogens with zero attached hydrogens (tertiary/aromatic N) is 1. The first kappa shape index (κ1) is 10.7. The summed E-state index contributed by atoms with van der Waals surface area (Å²) in [7, 11) is 0. The van der Waals surface area contributed by atoms with Crippen molar-refractivity contribution in [3.8, 4) is 11.5 Å². The quantitative estimate of drug-likeness (QED) is 0.844. The maximum atomic E-state index is 8.86. The molecular weight excluding hydrogens is 238 g/mol. The van der Waals surface area contributed by atoms with Gasteiger partial charge in [0.2, 0.25) is 6.79 Å². The lowest BCUT2D eigenvalue weighted by molar-refractivity contribution is 0.174. The van der Waals surface area contributed by atoms with E-state index < -0.39 is 0 Å². The molecule has 5 heteroatoms. The molecule has 17 heavy (non-hydrogen) atoms. The third-order valence-corrected chi connectivity index (χ3v) is 3.54. The van der Waals surface area contributed by atoms with Gasteiger partial charge in [-0.3, -0.25) is 0 Å². The largest absolute Gasteiger partial charge is 0.454 e. The molecule has 2 heterocycles. The number of ether oxygens (including phenoxy) is 2. The van der Waals surface area contributed by atoms with Gasteiger partial charge in [0.25, 0.3) is 0 Å². The van der Waals surface area contributed by atoms with Crippen LogP contribution in [0.4, 0.5) is 0 Å². The van der Waals surface area contributed by atoms with Gasteiger partial charge in [0, 0.05) is 17.3 Å². The molecule has 0 unspecified atom stereocenters. The molecular formula is C12H11NO3S. The second-order valence-electron chi connectivity index (χ2n) is 3.61. The number of benzene rings is 1. The van der Waals surface area contributed by atoms with Crippen LogP contribution in [0.15, 0.2) is 29.4 Å². The monoisotopic (exact) mass is 249 g/mol. The van der Waals surface area contributed by atoms with Crippen molar-refractivity contribution in [2.75, 3.05) is 19.2 Å². The van der Waals surface area contributed by atoms with Crippen molar-refractivity contribution in [2.45, 2.75) is 5.03 Å². The minimum Gasteiger partial charge on any atom is -0.454 e. The number of aromatic nitrogens is 1. The van der Waals surface area contributed by atoms with Crippen molar-refractivity contribution >= 4 is 22.5 Å². The van der Waals surface area contributed by atoms with Gasteiger partial charge in [0.05, 0.1) is 6.61 Å². The molecule has 0 saturated carbocycles. The van der Waals surface area contributed by atoms with Crippen LogP contribution in [-0.2, 0) is 0 Å². The minimum absolute atomic E-state index is 0.146. The zero-order chi connectivity index (χ0) is 11.7. The first-order valence-corrected chi connectivity index (χ1v) is 6.29. The summed E-state index contributed by atoms with van der Waals surface area (Å²) >= 11 is 1.54. The second kappa shape index (κ2) is 4.43. The van der Waals surface area contributed by atoms with E-state index in [-0.39, 0.29) is 13.4 Å². The van der Waals surface area contributed by atoms with Crippen molar-refractivity contribution in [1.29, 1.82) is 0 Å². The Morgan fingerprint density at radius 2 is 2.12 bits per heavy atom. The average molecular weight is 249 g/mol. The Morgan fingerprint density at radius 1 is 1.29 bits per heavy atom. The van der Waals surface area contributed by atoms with Crippen LogP contribution in [-0.4, -0.2) is 29.2 Å². The Kier molecular flexibility index (Phi) is 2.78. The summed E-state index contributed by atoms with van der Waals surface area (Å²) in [5.74, 6) is 2.18. The molecule has 1 aliphatic heterocycles. The van der Waals surface area contributed by atoms with E-state index in [2.05, 4.69) is 4.98 Å². The molecule has 0 aliphatic carbocycles. The van der Waals surface area contributed by atoms with Gasteiger partial charge in [0.1, 0.15) is 5.03 Å². The first-order chi connectivity index (χ1) is 8.38. The predicted molar refractivity (Wildman–Crippen MR) is 65.7 cm³/mol. The summed E-state index contributed by atoms with van der Waals surface area (Å²) in [6, 6.07) is 5.85. The fourth-order valence-corrected chi connectivity index (χ4v) is 2.55. The SMILES string of the molecule is OCCSc1nccc2cc3c(cc12)OCO3. The molecule has 1 N–H and O–H groups in total. The molecule has 1 aromatic heterocycles. The minimum atomic E-state index is 0.146. The van der Waals surface area contributed by atoms with Crippen LogP contribution >= 0.6 is 11.8 Å². The molecule has 0 amide bonds. The molecule has 1 aromatic carbocycles. The molecule has 0 saturated heterocycles. The third kappa shape index (κ3) is 1.92. The third-order valence-electron chi connectivity index (χ3n) is 2.55. The number of thioether (sulfide) groups is 1. The van der Waals surface area contributed by atoms with Gasteiger partial charge in [0.15, 0.2) is 11.5 Å². The second-order valence-corrected chi connectivity index (χ2v) is 4.70. The van der Waals surface area contributed by atoms with Gasteiger partial charge in [-0.25, -0.2) is 4.98 Å². The number of pyridine rings is 1. The van der Waals surface area contributed by atoms with Crippen LogP contribution in [0.5, 0.6) is 11.5 Å². The van der Waals surface area contributed by atoms with Crippen molar-refractivity contribution in [2.24, 2.45) is 0 Å². The van der Waals surface area contributed by atoms with Crippen molar-refractivity contribution in [3.63, 3.8) is 0 Å². The molecule has 0 atom stereocenters. The summed E-state index contributed by atoms with van der Waals surface area (Å²) in [5.41, 5.74) is 0. The van der Waals surface area contributed by atoms with Gasteiger partial charge in [-0.15, -0.1) is 11.8 Å². The Balaban J connectivity index is 2.11. The summed E-state index contributed by atoms with van der Waals surface area (Å²) < 4.78 is 10.7. The zero-order valence-corrected chi connectivity index (χ0v) is 9.87. The fourth-order valence-electron chi connectivity index (χ4n) is 1.79. The van der Waals surface area contributed by atoms with Gasteiger partial charge < -0.3 is 14.6 Å². The Labute approximate surface area is 103 Å². The number of rotatable bonds is 3. The highest BCUT2D eigenvalue weighted by atomic mass is 32.2. The molecule has 0 radical (unpaired) electrons. The van der Waals surface area contributed by atoms with E-state index in [9.17, 15) is 0 Å². The summed E-state index contributed by atoms with van der Waals surface area (Å²) in [4.78, 5) is 4.33. The van der Waals surface area contributed by atoms with Crippen LogP contribution in [0.3, 0.4) is 0 Å². The number of hydrogen-bond acceptors (Lipinski definition) is 5. The van der Waals surface area contributed by atoms with Crippen LogP contribution < -0.4 is 9.47 Å². The lowest BCUT2D eigenvalue weighted by atomic mass is 10.1. The standard InChI is InChI=1S/C12H11NO3S/c14-3-4-17-12-9-6-11-10(15-7-16-11)5-8(9)1-2-13-12/h1-2,5-6,14H,3-4,7H2. The van der Waals surface area contributed by atoms with E-state index in [0.29, 0.717) is 5.75 Å². The Bertz CT molecular complexity index is 559. The number of hydrogen-bond donors (Lipinski definition) is 1. The Hall–Kier alpha value is -1.46. The van der Waals surface area contributed by atoms with Crippen LogP contribution in [0.1, 0.15) is 0 Å². The van der Waals surface area contributed by atoms with Gasteiger partial charge in [-0.1, -0.05) is 0 Å². The van der Waals surface area contributed by atoms with Gasteiger partial charge in [-0.05, 0) is 23.6 Å². The fraction of sp³-hybridized carbons (Fsp3) is 0.250. The van der Waals surface area contributed by atoms with E-state index >= 15 is 0 Å². The first-order valence-electron chi connectivity index (χ1n) is 5.30. The van der Waals surface area contributed by atoms with Crippen molar-refractivity contribution in [1.82, 2.24) is 4.98 Å². The lowest BCUT2D eigenvalue weighted by Gasteiger charge is -2.05. The highest BCUT2D eigenvalue weighted by Gasteiger charge is 2.15. The van der Waals surface area contributed by atoms with E-state index in [4.69, 9.17) is 14.6 Å². The van der Waals surface area contributed by atoms with E-state index in [0.717, 1.165) is 27.3 Å². The topological polar surface area (TPSA) is 51.6 Å². The average Bonchev–Trinajstić information content (AvgIpc) is 2.80. The molecule has 2 aromatic rings. The molecule has 3 rings (SSSR count). The molecule has 0 spiro atoms. The highest BCUT2D eigenvalue weighted by molar-refractivity contribution is 7.99. The maximum absolute atomic E-state index is 8.86. The number of aliphatic hydroxyl groups is 1. The van der Waals surface area contributed by atoms with Crippen LogP contribution in [0.2, 0.25) is 0 Å². The molecule has 88 valence electrons.